The third-order valence-corrected chi connectivity index (χ3v) is 3.47. The SMILES string of the molecule is CCc1cc(CNc2ccc(OC)cc2C)n(CC)n1. The third kappa shape index (κ3) is 3.13. The predicted molar refractivity (Wildman–Crippen MR) is 82.3 cm³/mol. The van der Waals surface area contributed by atoms with E-state index in [9.17, 15) is 0 Å². The van der Waals surface area contributed by atoms with Crippen LogP contribution < -0.4 is 10.1 Å². The Labute approximate surface area is 120 Å². The summed E-state index contributed by atoms with van der Waals surface area (Å²) < 4.78 is 7.29. The lowest BCUT2D eigenvalue weighted by atomic mass is 10.2. The highest BCUT2D eigenvalue weighted by Gasteiger charge is 2.06. The number of rotatable bonds is 6. The lowest BCUT2D eigenvalue weighted by Crippen LogP contribution is -2.08. The van der Waals surface area contributed by atoms with Crippen LogP contribution in [0.5, 0.6) is 5.75 Å². The van der Waals surface area contributed by atoms with Crippen LogP contribution in [-0.4, -0.2) is 16.9 Å². The average molecular weight is 273 g/mol. The molecule has 0 spiro atoms. The van der Waals surface area contributed by atoms with E-state index in [1.54, 1.807) is 7.11 Å². The summed E-state index contributed by atoms with van der Waals surface area (Å²) in [5.74, 6) is 0.889. The van der Waals surface area contributed by atoms with E-state index in [4.69, 9.17) is 4.74 Å². The molecule has 4 heteroatoms. The minimum Gasteiger partial charge on any atom is -0.497 e. The molecule has 0 atom stereocenters. The minimum atomic E-state index is 0.786. The van der Waals surface area contributed by atoms with Crippen molar-refractivity contribution in [2.75, 3.05) is 12.4 Å². The van der Waals surface area contributed by atoms with Gasteiger partial charge in [-0.2, -0.15) is 5.10 Å². The van der Waals surface area contributed by atoms with E-state index < -0.39 is 0 Å². The van der Waals surface area contributed by atoms with Gasteiger partial charge in [0.05, 0.1) is 25.0 Å². The Bertz CT molecular complexity index is 575. The first kappa shape index (κ1) is 14.4. The van der Waals surface area contributed by atoms with Crippen molar-refractivity contribution in [1.29, 1.82) is 0 Å². The first-order chi connectivity index (χ1) is 9.67. The molecule has 0 aliphatic heterocycles. The number of hydrogen-bond donors (Lipinski definition) is 1. The second kappa shape index (κ2) is 6.46. The van der Waals surface area contributed by atoms with Gasteiger partial charge in [-0.1, -0.05) is 6.92 Å². The van der Waals surface area contributed by atoms with Gasteiger partial charge in [-0.15, -0.1) is 0 Å². The highest BCUT2D eigenvalue weighted by molar-refractivity contribution is 5.53. The maximum absolute atomic E-state index is 5.23. The third-order valence-electron chi connectivity index (χ3n) is 3.47. The van der Waals surface area contributed by atoms with Crippen molar-refractivity contribution >= 4 is 5.69 Å². The van der Waals surface area contributed by atoms with E-state index in [-0.39, 0.29) is 0 Å². The zero-order valence-corrected chi connectivity index (χ0v) is 12.7. The number of nitrogens with one attached hydrogen (secondary N) is 1. The van der Waals surface area contributed by atoms with Crippen molar-refractivity contribution in [3.05, 3.63) is 41.2 Å². The number of methoxy groups -OCH3 is 1. The van der Waals surface area contributed by atoms with Crippen molar-refractivity contribution in [3.8, 4) is 5.75 Å². The first-order valence-electron chi connectivity index (χ1n) is 7.12. The van der Waals surface area contributed by atoms with Crippen LogP contribution in [0.15, 0.2) is 24.3 Å². The Balaban J connectivity index is 2.10. The predicted octanol–water partition coefficient (Wildman–Crippen LogP) is 3.39. The largest absolute Gasteiger partial charge is 0.497 e. The molecule has 0 aliphatic carbocycles. The Kier molecular flexibility index (Phi) is 4.66. The molecule has 1 aromatic heterocycles. The van der Waals surface area contributed by atoms with Crippen molar-refractivity contribution in [2.45, 2.75) is 40.3 Å². The van der Waals surface area contributed by atoms with Crippen LogP contribution in [-0.2, 0) is 19.5 Å². The smallest absolute Gasteiger partial charge is 0.119 e. The highest BCUT2D eigenvalue weighted by atomic mass is 16.5. The lowest BCUT2D eigenvalue weighted by Gasteiger charge is -2.11. The summed E-state index contributed by atoms with van der Waals surface area (Å²) in [6.07, 6.45) is 0.974. The Morgan fingerprint density at radius 3 is 2.65 bits per heavy atom. The van der Waals surface area contributed by atoms with E-state index in [1.165, 1.54) is 11.3 Å². The molecule has 0 saturated heterocycles. The topological polar surface area (TPSA) is 39.1 Å². The van der Waals surface area contributed by atoms with E-state index >= 15 is 0 Å². The fourth-order valence-electron chi connectivity index (χ4n) is 2.25. The molecule has 0 fully saturated rings. The monoisotopic (exact) mass is 273 g/mol. The number of benzene rings is 1. The zero-order chi connectivity index (χ0) is 14.5. The molecular formula is C16H23N3O. The highest BCUT2D eigenvalue weighted by Crippen LogP contribution is 2.21. The van der Waals surface area contributed by atoms with Crippen LogP contribution >= 0.6 is 0 Å². The summed E-state index contributed by atoms with van der Waals surface area (Å²) in [6, 6.07) is 8.25. The van der Waals surface area contributed by atoms with Crippen molar-refractivity contribution in [2.24, 2.45) is 0 Å². The van der Waals surface area contributed by atoms with Gasteiger partial charge in [0.1, 0.15) is 5.75 Å². The summed E-state index contributed by atoms with van der Waals surface area (Å²) in [5, 5.41) is 8.04. The van der Waals surface area contributed by atoms with Gasteiger partial charge < -0.3 is 10.1 Å². The fourth-order valence-corrected chi connectivity index (χ4v) is 2.25. The lowest BCUT2D eigenvalue weighted by molar-refractivity contribution is 0.414. The van der Waals surface area contributed by atoms with Gasteiger partial charge in [-0.05, 0) is 50.1 Å². The molecule has 0 aliphatic rings. The molecule has 2 aromatic rings. The summed E-state index contributed by atoms with van der Waals surface area (Å²) in [5.41, 5.74) is 4.69. The van der Waals surface area contributed by atoms with Gasteiger partial charge in [0.25, 0.3) is 0 Å². The van der Waals surface area contributed by atoms with Crippen molar-refractivity contribution in [3.63, 3.8) is 0 Å². The summed E-state index contributed by atoms with van der Waals surface area (Å²) in [7, 11) is 1.69. The van der Waals surface area contributed by atoms with E-state index in [2.05, 4.69) is 48.0 Å². The van der Waals surface area contributed by atoms with Gasteiger partial charge >= 0.3 is 0 Å². The molecule has 1 N–H and O–H groups in total. The molecule has 1 heterocycles. The summed E-state index contributed by atoms with van der Waals surface area (Å²) in [6.45, 7) is 8.02. The van der Waals surface area contributed by atoms with Gasteiger partial charge in [0.2, 0.25) is 0 Å². The second-order valence-electron chi connectivity index (χ2n) is 4.83. The molecule has 0 bridgehead atoms. The Morgan fingerprint density at radius 2 is 2.05 bits per heavy atom. The number of aryl methyl sites for hydroxylation is 3. The van der Waals surface area contributed by atoms with Crippen LogP contribution in [0.1, 0.15) is 30.8 Å². The number of anilines is 1. The van der Waals surface area contributed by atoms with Gasteiger partial charge in [-0.3, -0.25) is 4.68 Å². The Morgan fingerprint density at radius 1 is 1.25 bits per heavy atom. The van der Waals surface area contributed by atoms with Crippen molar-refractivity contribution < 1.29 is 4.74 Å². The van der Waals surface area contributed by atoms with Crippen LogP contribution in [0.4, 0.5) is 5.69 Å². The summed E-state index contributed by atoms with van der Waals surface area (Å²) in [4.78, 5) is 0. The molecule has 1 aromatic carbocycles. The van der Waals surface area contributed by atoms with Crippen molar-refractivity contribution in [1.82, 2.24) is 9.78 Å². The quantitative estimate of drug-likeness (QED) is 0.876. The number of nitrogens with zero attached hydrogens (tertiary/aromatic N) is 2. The van der Waals surface area contributed by atoms with Crippen LogP contribution in [0.25, 0.3) is 0 Å². The van der Waals surface area contributed by atoms with E-state index in [1.807, 2.05) is 12.1 Å². The van der Waals surface area contributed by atoms with E-state index in [0.29, 0.717) is 0 Å². The number of hydrogen-bond acceptors (Lipinski definition) is 3. The van der Waals surface area contributed by atoms with Crippen LogP contribution in [0.3, 0.4) is 0 Å². The first-order valence-corrected chi connectivity index (χ1v) is 7.12. The number of aromatic nitrogens is 2. The molecule has 0 amide bonds. The minimum absolute atomic E-state index is 0.786. The van der Waals surface area contributed by atoms with E-state index in [0.717, 1.165) is 36.6 Å². The van der Waals surface area contributed by atoms with Gasteiger partial charge in [0.15, 0.2) is 0 Å². The Hall–Kier alpha value is -1.97. The fraction of sp³-hybridized carbons (Fsp3) is 0.438. The molecule has 108 valence electrons. The van der Waals surface area contributed by atoms with Gasteiger partial charge in [0, 0.05) is 12.2 Å². The normalized spacial score (nSPS) is 10.6. The molecule has 20 heavy (non-hydrogen) atoms. The molecule has 0 saturated carbocycles. The molecule has 0 radical (unpaired) electrons. The molecular weight excluding hydrogens is 250 g/mol. The van der Waals surface area contributed by atoms with Gasteiger partial charge in [-0.25, -0.2) is 0 Å². The number of ether oxygens (including phenoxy) is 1. The second-order valence-corrected chi connectivity index (χ2v) is 4.83. The molecule has 4 nitrogen and oxygen atoms in total. The molecule has 2 rings (SSSR count). The van der Waals surface area contributed by atoms with Crippen LogP contribution in [0, 0.1) is 6.92 Å². The van der Waals surface area contributed by atoms with Crippen LogP contribution in [0.2, 0.25) is 0 Å². The summed E-state index contributed by atoms with van der Waals surface area (Å²) >= 11 is 0. The maximum atomic E-state index is 5.23. The maximum Gasteiger partial charge on any atom is 0.119 e. The molecule has 0 unspecified atom stereocenters. The standard InChI is InChI=1S/C16H23N3O/c1-5-13-10-14(19(6-2)18-13)11-17-16-8-7-15(20-4)9-12(16)3/h7-10,17H,5-6,11H2,1-4H3. The zero-order valence-electron chi connectivity index (χ0n) is 12.7. The average Bonchev–Trinajstić information content (AvgIpc) is 2.88.